The van der Waals surface area contributed by atoms with E-state index in [4.69, 9.17) is 5.11 Å². The molecule has 0 saturated carbocycles. The standard InChI is InChI=1S/C22H21N5O2/c1-27(2)22(29)20-11-16-9-14(3-5-17(16)25-20)10-21-23-8-7-19(26-21)18-6-4-15(13-28)12-24-18/h3-9,11-12,25,28H,10,13H2,1-2H3. The van der Waals surface area contributed by atoms with Crippen LogP contribution in [0.15, 0.2) is 54.9 Å². The van der Waals surface area contributed by atoms with Gasteiger partial charge in [-0.05, 0) is 41.5 Å². The molecule has 0 spiro atoms. The Morgan fingerprint density at radius 2 is 1.86 bits per heavy atom. The molecule has 0 radical (unpaired) electrons. The molecule has 4 rings (SSSR count). The fourth-order valence-corrected chi connectivity index (χ4v) is 3.13. The summed E-state index contributed by atoms with van der Waals surface area (Å²) in [7, 11) is 3.46. The van der Waals surface area contributed by atoms with Crippen molar-refractivity contribution in [1.29, 1.82) is 0 Å². The summed E-state index contributed by atoms with van der Waals surface area (Å²) >= 11 is 0. The van der Waals surface area contributed by atoms with E-state index in [1.54, 1.807) is 31.4 Å². The van der Waals surface area contributed by atoms with Crippen molar-refractivity contribution in [3.05, 3.63) is 77.5 Å². The van der Waals surface area contributed by atoms with Crippen molar-refractivity contribution in [2.24, 2.45) is 0 Å². The molecule has 0 unspecified atom stereocenters. The number of fused-ring (bicyclic) bond motifs is 1. The number of carbonyl (C=O) groups excluding carboxylic acids is 1. The van der Waals surface area contributed by atoms with Gasteiger partial charge in [-0.2, -0.15) is 0 Å². The number of nitrogens with one attached hydrogen (secondary N) is 1. The van der Waals surface area contributed by atoms with Crippen molar-refractivity contribution in [3.63, 3.8) is 0 Å². The molecule has 7 heteroatoms. The maximum Gasteiger partial charge on any atom is 0.269 e. The lowest BCUT2D eigenvalue weighted by atomic mass is 10.1. The first-order chi connectivity index (χ1) is 14.0. The molecular formula is C22H21N5O2. The number of aliphatic hydroxyl groups excluding tert-OH is 1. The highest BCUT2D eigenvalue weighted by molar-refractivity contribution is 5.97. The van der Waals surface area contributed by atoms with Crippen LogP contribution < -0.4 is 0 Å². The van der Waals surface area contributed by atoms with Crippen LogP contribution >= 0.6 is 0 Å². The predicted octanol–water partition coefficient (Wildman–Crippen LogP) is 2.80. The van der Waals surface area contributed by atoms with E-state index in [0.29, 0.717) is 17.9 Å². The molecule has 0 saturated heterocycles. The van der Waals surface area contributed by atoms with Crippen LogP contribution in [0.3, 0.4) is 0 Å². The molecule has 3 aromatic heterocycles. The topological polar surface area (TPSA) is 95.0 Å². The fraction of sp³-hybridized carbons (Fsp3) is 0.182. The van der Waals surface area contributed by atoms with Crippen molar-refractivity contribution < 1.29 is 9.90 Å². The Morgan fingerprint density at radius 3 is 2.59 bits per heavy atom. The van der Waals surface area contributed by atoms with Crippen molar-refractivity contribution in [1.82, 2.24) is 24.8 Å². The molecule has 0 fully saturated rings. The number of pyridine rings is 1. The minimum Gasteiger partial charge on any atom is -0.392 e. The lowest BCUT2D eigenvalue weighted by molar-refractivity contribution is 0.0823. The average molecular weight is 387 g/mol. The first-order valence-electron chi connectivity index (χ1n) is 9.25. The van der Waals surface area contributed by atoms with Gasteiger partial charge in [-0.1, -0.05) is 12.1 Å². The molecule has 1 amide bonds. The van der Waals surface area contributed by atoms with Gasteiger partial charge in [-0.15, -0.1) is 0 Å². The highest BCUT2D eigenvalue weighted by Gasteiger charge is 2.12. The van der Waals surface area contributed by atoms with Crippen LogP contribution in [0, 0.1) is 0 Å². The third-order valence-corrected chi connectivity index (χ3v) is 4.66. The molecule has 7 nitrogen and oxygen atoms in total. The van der Waals surface area contributed by atoms with Crippen LogP contribution in [0.5, 0.6) is 0 Å². The molecule has 4 aromatic rings. The van der Waals surface area contributed by atoms with Crippen LogP contribution in [0.25, 0.3) is 22.3 Å². The molecular weight excluding hydrogens is 366 g/mol. The Labute approximate surface area is 168 Å². The number of carbonyl (C=O) groups is 1. The maximum atomic E-state index is 12.2. The quantitative estimate of drug-likeness (QED) is 0.549. The molecule has 1 aromatic carbocycles. The van der Waals surface area contributed by atoms with E-state index < -0.39 is 0 Å². The lowest BCUT2D eigenvalue weighted by Crippen LogP contribution is -2.21. The Balaban J connectivity index is 1.58. The molecule has 29 heavy (non-hydrogen) atoms. The van der Waals surface area contributed by atoms with E-state index in [0.717, 1.165) is 33.4 Å². The number of hydrogen-bond acceptors (Lipinski definition) is 5. The Hall–Kier alpha value is -3.58. The predicted molar refractivity (Wildman–Crippen MR) is 110 cm³/mol. The Kier molecular flexibility index (Phi) is 5.05. The fourth-order valence-electron chi connectivity index (χ4n) is 3.13. The largest absolute Gasteiger partial charge is 0.392 e. The molecule has 0 bridgehead atoms. The molecule has 0 aliphatic carbocycles. The summed E-state index contributed by atoms with van der Waals surface area (Å²) in [6.45, 7) is -0.0359. The number of amides is 1. The Morgan fingerprint density at radius 1 is 1.03 bits per heavy atom. The van der Waals surface area contributed by atoms with Gasteiger partial charge in [0.2, 0.25) is 0 Å². The number of nitrogens with zero attached hydrogens (tertiary/aromatic N) is 4. The summed E-state index contributed by atoms with van der Waals surface area (Å²) in [5.41, 5.74) is 4.77. The second-order valence-electron chi connectivity index (χ2n) is 7.05. The van der Waals surface area contributed by atoms with Gasteiger partial charge in [0.15, 0.2) is 0 Å². The first-order valence-corrected chi connectivity index (χ1v) is 9.25. The van der Waals surface area contributed by atoms with Crippen LogP contribution in [-0.4, -0.2) is 49.9 Å². The van der Waals surface area contributed by atoms with E-state index >= 15 is 0 Å². The molecule has 146 valence electrons. The zero-order valence-corrected chi connectivity index (χ0v) is 16.3. The van der Waals surface area contributed by atoms with Gasteiger partial charge >= 0.3 is 0 Å². The van der Waals surface area contributed by atoms with Gasteiger partial charge in [0, 0.05) is 43.8 Å². The molecule has 0 aliphatic rings. The SMILES string of the molecule is CN(C)C(=O)c1cc2cc(Cc3nccc(-c4ccc(CO)cn4)n3)ccc2[nH]1. The van der Waals surface area contributed by atoms with Crippen LogP contribution in [-0.2, 0) is 13.0 Å². The number of aromatic nitrogens is 4. The minimum absolute atomic E-state index is 0.0359. The highest BCUT2D eigenvalue weighted by atomic mass is 16.3. The maximum absolute atomic E-state index is 12.2. The summed E-state index contributed by atoms with van der Waals surface area (Å²) in [6, 6.07) is 13.4. The Bertz CT molecular complexity index is 1170. The number of aromatic amines is 1. The number of hydrogen-bond donors (Lipinski definition) is 2. The summed E-state index contributed by atoms with van der Waals surface area (Å²) in [6.07, 6.45) is 3.94. The van der Waals surface area contributed by atoms with Gasteiger partial charge in [-0.25, -0.2) is 9.97 Å². The van der Waals surface area contributed by atoms with Gasteiger partial charge in [0.1, 0.15) is 11.5 Å². The van der Waals surface area contributed by atoms with Crippen LogP contribution in [0.2, 0.25) is 0 Å². The second kappa shape index (κ2) is 7.81. The first kappa shape index (κ1) is 18.8. The van der Waals surface area contributed by atoms with Crippen molar-refractivity contribution in [2.75, 3.05) is 14.1 Å². The van der Waals surface area contributed by atoms with E-state index in [1.807, 2.05) is 42.5 Å². The second-order valence-corrected chi connectivity index (χ2v) is 7.05. The smallest absolute Gasteiger partial charge is 0.269 e. The lowest BCUT2D eigenvalue weighted by Gasteiger charge is -2.07. The van der Waals surface area contributed by atoms with Crippen molar-refractivity contribution >= 4 is 16.8 Å². The third kappa shape index (κ3) is 4.00. The minimum atomic E-state index is -0.0569. The van der Waals surface area contributed by atoms with Gasteiger partial charge in [0.05, 0.1) is 18.0 Å². The van der Waals surface area contributed by atoms with E-state index in [1.165, 1.54) is 0 Å². The number of benzene rings is 1. The zero-order valence-electron chi connectivity index (χ0n) is 16.3. The average Bonchev–Trinajstić information content (AvgIpc) is 3.16. The van der Waals surface area contributed by atoms with Crippen molar-refractivity contribution in [2.45, 2.75) is 13.0 Å². The van der Waals surface area contributed by atoms with Gasteiger partial charge < -0.3 is 15.0 Å². The number of rotatable bonds is 5. The van der Waals surface area contributed by atoms with E-state index in [-0.39, 0.29) is 12.5 Å². The zero-order chi connectivity index (χ0) is 20.4. The molecule has 2 N–H and O–H groups in total. The molecule has 0 atom stereocenters. The summed E-state index contributed by atoms with van der Waals surface area (Å²) < 4.78 is 0. The third-order valence-electron chi connectivity index (χ3n) is 4.66. The van der Waals surface area contributed by atoms with Crippen LogP contribution in [0.1, 0.15) is 27.4 Å². The van der Waals surface area contributed by atoms with E-state index in [2.05, 4.69) is 19.9 Å². The highest BCUT2D eigenvalue weighted by Crippen LogP contribution is 2.20. The number of H-pyrrole nitrogens is 1. The molecule has 0 aliphatic heterocycles. The van der Waals surface area contributed by atoms with Gasteiger partial charge in [-0.3, -0.25) is 9.78 Å². The monoisotopic (exact) mass is 387 g/mol. The molecule has 3 heterocycles. The van der Waals surface area contributed by atoms with E-state index in [9.17, 15) is 4.79 Å². The van der Waals surface area contributed by atoms with Crippen molar-refractivity contribution in [3.8, 4) is 11.4 Å². The normalized spacial score (nSPS) is 11.0. The van der Waals surface area contributed by atoms with Crippen LogP contribution in [0.4, 0.5) is 0 Å². The summed E-state index contributed by atoms with van der Waals surface area (Å²) in [5.74, 6) is 0.633. The number of aliphatic hydroxyl groups is 1. The van der Waals surface area contributed by atoms with Gasteiger partial charge in [0.25, 0.3) is 5.91 Å². The summed E-state index contributed by atoms with van der Waals surface area (Å²) in [5, 5.41) is 10.1. The summed E-state index contributed by atoms with van der Waals surface area (Å²) in [4.78, 5) is 30.2.